The van der Waals surface area contributed by atoms with Gasteiger partial charge >= 0.3 is 5.97 Å². The van der Waals surface area contributed by atoms with Crippen LogP contribution in [0, 0.1) is 5.92 Å². The molecule has 2 fully saturated rings. The molecule has 0 aromatic heterocycles. The molecule has 2 aliphatic rings. The van der Waals surface area contributed by atoms with Gasteiger partial charge in [-0.15, -0.1) is 0 Å². The van der Waals surface area contributed by atoms with Crippen molar-refractivity contribution >= 4 is 23.5 Å². The molecule has 0 spiro atoms. The summed E-state index contributed by atoms with van der Waals surface area (Å²) in [4.78, 5) is 38.3. The molecule has 1 aliphatic carbocycles. The van der Waals surface area contributed by atoms with Crippen LogP contribution in [0.1, 0.15) is 57.4 Å². The first kappa shape index (κ1) is 19.4. The second-order valence-corrected chi connectivity index (χ2v) is 7.82. The Hall–Kier alpha value is -2.37. The van der Waals surface area contributed by atoms with E-state index in [4.69, 9.17) is 4.74 Å². The maximum atomic E-state index is 12.2. The van der Waals surface area contributed by atoms with Crippen LogP contribution in [0.4, 0.5) is 5.69 Å². The summed E-state index contributed by atoms with van der Waals surface area (Å²) in [6.45, 7) is 4.29. The van der Waals surface area contributed by atoms with Crippen LogP contribution in [0.15, 0.2) is 24.3 Å². The van der Waals surface area contributed by atoms with Crippen LogP contribution >= 0.6 is 0 Å². The summed E-state index contributed by atoms with van der Waals surface area (Å²) in [6.07, 6.45) is 4.51. The summed E-state index contributed by atoms with van der Waals surface area (Å²) in [5.41, 5.74) is 1.86. The third kappa shape index (κ3) is 4.87. The average molecular weight is 372 g/mol. The van der Waals surface area contributed by atoms with Crippen LogP contribution in [-0.2, 0) is 19.1 Å². The fourth-order valence-electron chi connectivity index (χ4n) is 3.86. The van der Waals surface area contributed by atoms with E-state index >= 15 is 0 Å². The summed E-state index contributed by atoms with van der Waals surface area (Å²) in [5.74, 6) is -0.852. The molecule has 146 valence electrons. The van der Waals surface area contributed by atoms with Crippen molar-refractivity contribution in [2.45, 2.75) is 57.9 Å². The smallest absolute Gasteiger partial charge is 0.311 e. The maximum Gasteiger partial charge on any atom is 0.311 e. The molecule has 1 aromatic carbocycles. The Bertz CT molecular complexity index is 693. The van der Waals surface area contributed by atoms with E-state index in [2.05, 4.69) is 19.2 Å². The number of amides is 2. The molecule has 1 aromatic rings. The first-order valence-electron chi connectivity index (χ1n) is 9.80. The predicted molar refractivity (Wildman–Crippen MR) is 102 cm³/mol. The lowest BCUT2D eigenvalue weighted by Crippen LogP contribution is -2.35. The van der Waals surface area contributed by atoms with Gasteiger partial charge < -0.3 is 15.0 Å². The Morgan fingerprint density at radius 3 is 2.48 bits per heavy atom. The highest BCUT2D eigenvalue weighted by Gasteiger charge is 2.39. The van der Waals surface area contributed by atoms with E-state index < -0.39 is 11.9 Å². The van der Waals surface area contributed by atoms with Gasteiger partial charge in [0, 0.05) is 24.7 Å². The maximum absolute atomic E-state index is 12.2. The molecule has 0 unspecified atom stereocenters. The summed E-state index contributed by atoms with van der Waals surface area (Å²) in [7, 11) is 0. The first-order chi connectivity index (χ1) is 12.9. The number of nitrogens with zero attached hydrogens (tertiary/aromatic N) is 1. The monoisotopic (exact) mass is 372 g/mol. The van der Waals surface area contributed by atoms with Crippen LogP contribution < -0.4 is 5.32 Å². The van der Waals surface area contributed by atoms with E-state index in [0.29, 0.717) is 18.2 Å². The highest BCUT2D eigenvalue weighted by Crippen LogP contribution is 2.29. The minimum atomic E-state index is -0.464. The molecule has 0 bridgehead atoms. The molecule has 0 radical (unpaired) electrons. The Balaban J connectivity index is 1.44. The predicted octanol–water partition coefficient (Wildman–Crippen LogP) is 3.08. The van der Waals surface area contributed by atoms with E-state index in [9.17, 15) is 14.4 Å². The van der Waals surface area contributed by atoms with E-state index in [-0.39, 0.29) is 30.9 Å². The van der Waals surface area contributed by atoms with Crippen molar-refractivity contribution in [2.24, 2.45) is 5.92 Å². The number of hydrogen-bond donors (Lipinski definition) is 1. The van der Waals surface area contributed by atoms with Crippen LogP contribution in [0.5, 0.6) is 0 Å². The Labute approximate surface area is 160 Å². The first-order valence-corrected chi connectivity index (χ1v) is 9.80. The number of hydrogen-bond acceptors (Lipinski definition) is 4. The highest BCUT2D eigenvalue weighted by molar-refractivity contribution is 5.93. The van der Waals surface area contributed by atoms with E-state index in [1.807, 2.05) is 29.2 Å². The zero-order valence-corrected chi connectivity index (χ0v) is 16.1. The number of likely N-dealkylation sites (tertiary alicyclic amines) is 1. The Kier molecular flexibility index (Phi) is 6.14. The average Bonchev–Trinajstić information content (AvgIpc) is 3.29. The van der Waals surface area contributed by atoms with Gasteiger partial charge in [-0.3, -0.25) is 14.4 Å². The number of carbonyl (C=O) groups excluding carboxylic acids is 3. The summed E-state index contributed by atoms with van der Waals surface area (Å²) >= 11 is 0. The zero-order valence-electron chi connectivity index (χ0n) is 16.1. The van der Waals surface area contributed by atoms with Crippen LogP contribution in [0.25, 0.3) is 0 Å². The highest BCUT2D eigenvalue weighted by atomic mass is 16.5. The largest absolute Gasteiger partial charge is 0.455 e. The molecule has 1 saturated heterocycles. The van der Waals surface area contributed by atoms with Crippen molar-refractivity contribution in [1.82, 2.24) is 4.90 Å². The minimum Gasteiger partial charge on any atom is -0.455 e. The number of esters is 1. The van der Waals surface area contributed by atoms with Gasteiger partial charge in [-0.1, -0.05) is 38.8 Å². The van der Waals surface area contributed by atoms with Gasteiger partial charge in [-0.05, 0) is 36.5 Å². The number of anilines is 1. The molecule has 1 saturated carbocycles. The number of carbonyl (C=O) groups is 3. The standard InChI is InChI=1S/C21H28N2O4/c1-14(2)15-7-9-17(10-8-15)22-19(24)13-27-21(26)16-11-20(25)23(12-16)18-5-3-4-6-18/h7-10,14,16,18H,3-6,11-13H2,1-2H3,(H,22,24)/t16-/m0/s1. The van der Waals surface area contributed by atoms with Gasteiger partial charge in [0.1, 0.15) is 0 Å². The van der Waals surface area contributed by atoms with Crippen molar-refractivity contribution in [3.63, 3.8) is 0 Å². The van der Waals surface area contributed by atoms with Gasteiger partial charge in [-0.2, -0.15) is 0 Å². The summed E-state index contributed by atoms with van der Waals surface area (Å²) in [6, 6.07) is 7.88. The fourth-order valence-corrected chi connectivity index (χ4v) is 3.86. The lowest BCUT2D eigenvalue weighted by molar-refractivity contribution is -0.151. The van der Waals surface area contributed by atoms with Gasteiger partial charge in [0.05, 0.1) is 5.92 Å². The van der Waals surface area contributed by atoms with Gasteiger partial charge in [0.25, 0.3) is 5.91 Å². The lowest BCUT2D eigenvalue weighted by atomic mass is 10.0. The topological polar surface area (TPSA) is 75.7 Å². The second-order valence-electron chi connectivity index (χ2n) is 7.82. The van der Waals surface area contributed by atoms with Crippen LogP contribution in [0.2, 0.25) is 0 Å². The normalized spacial score (nSPS) is 20.3. The molecular formula is C21H28N2O4. The zero-order chi connectivity index (χ0) is 19.4. The van der Waals surface area contributed by atoms with Gasteiger partial charge in [0.15, 0.2) is 6.61 Å². The number of nitrogens with one attached hydrogen (secondary N) is 1. The van der Waals surface area contributed by atoms with E-state index in [0.717, 1.165) is 25.7 Å². The molecule has 1 N–H and O–H groups in total. The lowest BCUT2D eigenvalue weighted by Gasteiger charge is -2.23. The van der Waals surface area contributed by atoms with Crippen molar-refractivity contribution in [2.75, 3.05) is 18.5 Å². The van der Waals surface area contributed by atoms with E-state index in [1.54, 1.807) is 0 Å². The third-order valence-electron chi connectivity index (χ3n) is 5.46. The Morgan fingerprint density at radius 2 is 1.85 bits per heavy atom. The summed E-state index contributed by atoms with van der Waals surface area (Å²) in [5, 5.41) is 2.72. The van der Waals surface area contributed by atoms with Crippen molar-refractivity contribution in [3.05, 3.63) is 29.8 Å². The molecule has 1 atom stereocenters. The van der Waals surface area contributed by atoms with Crippen molar-refractivity contribution in [3.8, 4) is 0 Å². The quantitative estimate of drug-likeness (QED) is 0.779. The van der Waals surface area contributed by atoms with Crippen molar-refractivity contribution < 1.29 is 19.1 Å². The molecule has 2 amide bonds. The van der Waals surface area contributed by atoms with Crippen LogP contribution in [-0.4, -0.2) is 41.9 Å². The molecule has 1 heterocycles. The number of rotatable bonds is 6. The summed E-state index contributed by atoms with van der Waals surface area (Å²) < 4.78 is 5.15. The fraction of sp³-hybridized carbons (Fsp3) is 0.571. The second kappa shape index (κ2) is 8.55. The van der Waals surface area contributed by atoms with Gasteiger partial charge in [-0.25, -0.2) is 0 Å². The van der Waals surface area contributed by atoms with Crippen molar-refractivity contribution in [1.29, 1.82) is 0 Å². The molecule has 3 rings (SSSR count). The van der Waals surface area contributed by atoms with Crippen LogP contribution in [0.3, 0.4) is 0 Å². The van der Waals surface area contributed by atoms with Gasteiger partial charge in [0.2, 0.25) is 5.91 Å². The molecule has 6 nitrogen and oxygen atoms in total. The molecule has 27 heavy (non-hydrogen) atoms. The third-order valence-corrected chi connectivity index (χ3v) is 5.46. The Morgan fingerprint density at radius 1 is 1.19 bits per heavy atom. The molecular weight excluding hydrogens is 344 g/mol. The van der Waals surface area contributed by atoms with E-state index in [1.165, 1.54) is 5.56 Å². The molecule has 6 heteroatoms. The molecule has 1 aliphatic heterocycles. The number of benzene rings is 1. The number of ether oxygens (including phenoxy) is 1. The minimum absolute atomic E-state index is 0.0264. The SMILES string of the molecule is CC(C)c1ccc(NC(=O)COC(=O)[C@H]2CC(=O)N(C3CCCC3)C2)cc1.